The average molecular weight is 397 g/mol. The molecule has 2 aromatic carbocycles. The van der Waals surface area contributed by atoms with Gasteiger partial charge in [0.2, 0.25) is 0 Å². The molecule has 2 bridgehead atoms. The van der Waals surface area contributed by atoms with E-state index in [1.54, 1.807) is 24.3 Å². The molecule has 2 aliphatic rings. The van der Waals surface area contributed by atoms with Crippen LogP contribution in [-0.2, 0) is 10.0 Å². The fourth-order valence-electron chi connectivity index (χ4n) is 5.32. The maximum Gasteiger partial charge on any atom is 0.284 e. The van der Waals surface area contributed by atoms with Crippen molar-refractivity contribution in [1.29, 1.82) is 0 Å². The lowest BCUT2D eigenvalue weighted by molar-refractivity contribution is 0.132. The van der Waals surface area contributed by atoms with Crippen molar-refractivity contribution in [3.8, 4) is 0 Å². The average Bonchev–Trinajstić information content (AvgIpc) is 2.90. The van der Waals surface area contributed by atoms with Gasteiger partial charge in [-0.3, -0.25) is 0 Å². The van der Waals surface area contributed by atoms with Crippen molar-refractivity contribution in [3.63, 3.8) is 0 Å². The molecule has 148 valence electrons. The van der Waals surface area contributed by atoms with E-state index in [0.717, 1.165) is 31.4 Å². The van der Waals surface area contributed by atoms with Gasteiger partial charge in [0.1, 0.15) is 5.84 Å². The topological polar surface area (TPSA) is 49.7 Å². The zero-order valence-corrected chi connectivity index (χ0v) is 17.6. The van der Waals surface area contributed by atoms with E-state index in [-0.39, 0.29) is 15.7 Å². The van der Waals surface area contributed by atoms with Gasteiger partial charge in [-0.2, -0.15) is 8.42 Å². The summed E-state index contributed by atoms with van der Waals surface area (Å²) in [5.41, 5.74) is 1.31. The standard InChI is InChI=1S/C23H28N2O2S/c1-22(2)14-19-15-23(3,16-22)17-25(19)21(18-10-6-4-7-11-18)24-28(26,27)20-12-8-5-9-13-20/h4-13,19H,14-17H2,1-3H3/t19-,23-/m1/s1. The summed E-state index contributed by atoms with van der Waals surface area (Å²) in [6.07, 6.45) is 3.30. The summed E-state index contributed by atoms with van der Waals surface area (Å²) in [5, 5.41) is 0. The van der Waals surface area contributed by atoms with Crippen molar-refractivity contribution in [3.05, 3.63) is 66.2 Å². The van der Waals surface area contributed by atoms with Crippen LogP contribution in [0.5, 0.6) is 0 Å². The van der Waals surface area contributed by atoms with Crippen molar-refractivity contribution >= 4 is 15.9 Å². The van der Waals surface area contributed by atoms with E-state index in [2.05, 4.69) is 30.1 Å². The summed E-state index contributed by atoms with van der Waals surface area (Å²) in [6.45, 7) is 7.82. The molecular weight excluding hydrogens is 368 g/mol. The molecule has 1 aliphatic heterocycles. The van der Waals surface area contributed by atoms with Crippen LogP contribution in [0.4, 0.5) is 0 Å². The van der Waals surface area contributed by atoms with E-state index in [1.165, 1.54) is 0 Å². The molecular formula is C23H28N2O2S. The van der Waals surface area contributed by atoms with Gasteiger partial charge >= 0.3 is 0 Å². The van der Waals surface area contributed by atoms with Crippen LogP contribution in [0.15, 0.2) is 70.0 Å². The molecule has 0 unspecified atom stereocenters. The monoisotopic (exact) mass is 396 g/mol. The third-order valence-electron chi connectivity index (χ3n) is 5.97. The first-order valence-corrected chi connectivity index (χ1v) is 11.3. The van der Waals surface area contributed by atoms with Crippen LogP contribution in [-0.4, -0.2) is 31.7 Å². The van der Waals surface area contributed by atoms with Crippen LogP contribution in [0.2, 0.25) is 0 Å². The smallest absolute Gasteiger partial charge is 0.284 e. The number of fused-ring (bicyclic) bond motifs is 2. The van der Waals surface area contributed by atoms with Crippen LogP contribution in [0, 0.1) is 10.8 Å². The molecule has 2 aromatic rings. The Morgan fingerprint density at radius 3 is 2.21 bits per heavy atom. The Kier molecular flexibility index (Phi) is 4.61. The highest BCUT2D eigenvalue weighted by Crippen LogP contribution is 2.52. The van der Waals surface area contributed by atoms with E-state index in [1.807, 2.05) is 36.4 Å². The first-order chi connectivity index (χ1) is 13.2. The Labute approximate surface area is 168 Å². The largest absolute Gasteiger partial charge is 0.352 e. The van der Waals surface area contributed by atoms with Gasteiger partial charge < -0.3 is 4.90 Å². The van der Waals surface area contributed by atoms with Crippen LogP contribution in [0.1, 0.15) is 45.6 Å². The molecule has 4 nitrogen and oxygen atoms in total. The molecule has 0 N–H and O–H groups in total. The number of rotatable bonds is 3. The van der Waals surface area contributed by atoms with Crippen molar-refractivity contribution in [1.82, 2.24) is 4.90 Å². The highest BCUT2D eigenvalue weighted by molar-refractivity contribution is 7.90. The van der Waals surface area contributed by atoms with E-state index in [4.69, 9.17) is 0 Å². The molecule has 0 amide bonds. The quantitative estimate of drug-likeness (QED) is 0.557. The van der Waals surface area contributed by atoms with E-state index >= 15 is 0 Å². The number of likely N-dealkylation sites (tertiary alicyclic amines) is 1. The van der Waals surface area contributed by atoms with E-state index in [9.17, 15) is 8.42 Å². The van der Waals surface area contributed by atoms with E-state index in [0.29, 0.717) is 11.9 Å². The molecule has 28 heavy (non-hydrogen) atoms. The number of hydrogen-bond acceptors (Lipinski definition) is 2. The zero-order valence-electron chi connectivity index (χ0n) is 16.8. The second kappa shape index (κ2) is 6.73. The van der Waals surface area contributed by atoms with Crippen molar-refractivity contribution < 1.29 is 8.42 Å². The number of sulfonamides is 1. The predicted octanol–water partition coefficient (Wildman–Crippen LogP) is 4.72. The summed E-state index contributed by atoms with van der Waals surface area (Å²) >= 11 is 0. The fraction of sp³-hybridized carbons (Fsp3) is 0.435. The SMILES string of the molecule is CC1(C)C[C@@H]2C[C@@](C)(CN2C(=NS(=O)(=O)c2ccccc2)c2ccccc2)C1. The lowest BCUT2D eigenvalue weighted by atomic mass is 9.65. The maximum absolute atomic E-state index is 13.1. The summed E-state index contributed by atoms with van der Waals surface area (Å²) in [7, 11) is -3.78. The number of benzene rings is 2. The molecule has 2 atom stereocenters. The molecule has 1 saturated heterocycles. The number of nitrogens with zero attached hydrogens (tertiary/aromatic N) is 2. The molecule has 1 saturated carbocycles. The fourth-order valence-corrected chi connectivity index (χ4v) is 6.37. The van der Waals surface area contributed by atoms with Crippen LogP contribution in [0.25, 0.3) is 0 Å². The zero-order chi connectivity index (χ0) is 20.0. The maximum atomic E-state index is 13.1. The minimum atomic E-state index is -3.78. The van der Waals surface area contributed by atoms with Gasteiger partial charge in [0.25, 0.3) is 10.0 Å². The van der Waals surface area contributed by atoms with Gasteiger partial charge in [-0.05, 0) is 42.2 Å². The second-order valence-corrected chi connectivity index (χ2v) is 11.0. The minimum absolute atomic E-state index is 0.193. The van der Waals surface area contributed by atoms with E-state index < -0.39 is 10.0 Å². The molecule has 4 rings (SSSR count). The first kappa shape index (κ1) is 19.2. The van der Waals surface area contributed by atoms with Crippen LogP contribution < -0.4 is 0 Å². The Morgan fingerprint density at radius 2 is 1.57 bits per heavy atom. The second-order valence-electron chi connectivity index (χ2n) is 9.41. The molecule has 0 spiro atoms. The highest BCUT2D eigenvalue weighted by atomic mass is 32.2. The number of amidine groups is 1. The summed E-state index contributed by atoms with van der Waals surface area (Å²) in [6, 6.07) is 18.5. The predicted molar refractivity (Wildman–Crippen MR) is 113 cm³/mol. The molecule has 1 heterocycles. The highest BCUT2D eigenvalue weighted by Gasteiger charge is 2.50. The Morgan fingerprint density at radius 1 is 0.964 bits per heavy atom. The van der Waals surface area contributed by atoms with Crippen molar-refractivity contribution in [2.75, 3.05) is 6.54 Å². The first-order valence-electron chi connectivity index (χ1n) is 9.90. The third-order valence-corrected chi connectivity index (χ3v) is 7.25. The minimum Gasteiger partial charge on any atom is -0.352 e. The summed E-state index contributed by atoms with van der Waals surface area (Å²) in [4.78, 5) is 2.49. The molecule has 5 heteroatoms. The Hall–Kier alpha value is -2.14. The van der Waals surface area contributed by atoms with Crippen molar-refractivity contribution in [2.24, 2.45) is 15.2 Å². The van der Waals surface area contributed by atoms with Crippen LogP contribution >= 0.6 is 0 Å². The molecule has 0 radical (unpaired) electrons. The lowest BCUT2D eigenvalue weighted by Gasteiger charge is -2.39. The van der Waals surface area contributed by atoms with Crippen molar-refractivity contribution in [2.45, 2.75) is 51.0 Å². The normalized spacial score (nSPS) is 27.0. The van der Waals surface area contributed by atoms with Gasteiger partial charge in [-0.15, -0.1) is 4.40 Å². The number of hydrogen-bond donors (Lipinski definition) is 0. The third kappa shape index (κ3) is 3.72. The van der Waals surface area contributed by atoms with Crippen LogP contribution in [0.3, 0.4) is 0 Å². The molecule has 0 aromatic heterocycles. The molecule has 2 fully saturated rings. The van der Waals surface area contributed by atoms with Gasteiger partial charge in [-0.25, -0.2) is 0 Å². The summed E-state index contributed by atoms with van der Waals surface area (Å²) < 4.78 is 30.5. The van der Waals surface area contributed by atoms with Gasteiger partial charge in [0.05, 0.1) is 4.90 Å². The molecule has 1 aliphatic carbocycles. The Balaban J connectivity index is 1.80. The van der Waals surface area contributed by atoms with Gasteiger partial charge in [0, 0.05) is 18.2 Å². The Bertz CT molecular complexity index is 984. The summed E-state index contributed by atoms with van der Waals surface area (Å²) in [5.74, 6) is 0.580. The lowest BCUT2D eigenvalue weighted by Crippen LogP contribution is -2.38. The van der Waals surface area contributed by atoms with Gasteiger partial charge in [-0.1, -0.05) is 69.3 Å². The van der Waals surface area contributed by atoms with Gasteiger partial charge in [0.15, 0.2) is 0 Å².